The summed E-state index contributed by atoms with van der Waals surface area (Å²) in [4.78, 5) is 16.3. The second-order valence-electron chi connectivity index (χ2n) is 7.52. The normalized spacial score (nSPS) is 15.8. The van der Waals surface area contributed by atoms with Crippen LogP contribution in [0.4, 0.5) is 5.69 Å². The number of ether oxygens (including phenoxy) is 1. The molecule has 0 aromatic heterocycles. The van der Waals surface area contributed by atoms with Crippen LogP contribution in [0.2, 0.25) is 0 Å². The Balaban J connectivity index is 0.00000320. The number of carbonyl (C=O) groups excluding carboxylic acids is 1. The van der Waals surface area contributed by atoms with Gasteiger partial charge in [0.1, 0.15) is 0 Å². The Hall–Kier alpha value is -2.13. The number of nitrogens with one attached hydrogen (secondary N) is 3. The minimum absolute atomic E-state index is 0. The third-order valence-corrected chi connectivity index (χ3v) is 4.91. The molecule has 0 saturated heterocycles. The summed E-state index contributed by atoms with van der Waals surface area (Å²) >= 11 is 0. The molecule has 1 atom stereocenters. The molecular weight excluding hydrogens is 491 g/mol. The van der Waals surface area contributed by atoms with Gasteiger partial charge >= 0.3 is 0 Å². The van der Waals surface area contributed by atoms with Gasteiger partial charge < -0.3 is 20.7 Å². The average Bonchev–Trinajstić information content (AvgIpc) is 2.72. The van der Waals surface area contributed by atoms with Crippen LogP contribution in [0.15, 0.2) is 53.5 Å². The van der Waals surface area contributed by atoms with Gasteiger partial charge in [-0.3, -0.25) is 9.79 Å². The van der Waals surface area contributed by atoms with Gasteiger partial charge in [-0.05, 0) is 36.6 Å². The highest BCUT2D eigenvalue weighted by Crippen LogP contribution is 2.31. The minimum atomic E-state index is 0. The molecule has 6 nitrogen and oxygen atoms in total. The summed E-state index contributed by atoms with van der Waals surface area (Å²) in [5.41, 5.74) is 4.40. The molecule has 1 aliphatic heterocycles. The van der Waals surface area contributed by atoms with Crippen molar-refractivity contribution in [2.45, 2.75) is 45.4 Å². The van der Waals surface area contributed by atoms with Gasteiger partial charge in [-0.15, -0.1) is 24.0 Å². The van der Waals surface area contributed by atoms with E-state index in [2.05, 4.69) is 51.3 Å². The number of anilines is 1. The van der Waals surface area contributed by atoms with Crippen LogP contribution >= 0.6 is 24.0 Å². The molecule has 162 valence electrons. The fourth-order valence-electron chi connectivity index (χ4n) is 3.33. The Bertz CT molecular complexity index is 853. The maximum atomic E-state index is 12.0. The van der Waals surface area contributed by atoms with Crippen molar-refractivity contribution in [1.29, 1.82) is 0 Å². The first kappa shape index (κ1) is 24.1. The van der Waals surface area contributed by atoms with Gasteiger partial charge in [-0.25, -0.2) is 0 Å². The number of hydrogen-bond donors (Lipinski definition) is 3. The number of amides is 1. The third kappa shape index (κ3) is 6.98. The van der Waals surface area contributed by atoms with Crippen LogP contribution in [0.25, 0.3) is 0 Å². The summed E-state index contributed by atoms with van der Waals surface area (Å²) in [6.45, 7) is 6.03. The second kappa shape index (κ2) is 11.9. The van der Waals surface area contributed by atoms with Crippen LogP contribution in [0.5, 0.6) is 0 Å². The standard InChI is InChI=1S/C23H30N4O2.HI/c1-16(2)29-15-18-10-8-17(9-11-18)13-25-23(24-3)26-14-19-12-22(28)27-21-7-5-4-6-20(19)21;/h4-11,16,19H,12-15H2,1-3H3,(H,27,28)(H2,24,25,26);1H. The molecule has 3 N–H and O–H groups in total. The molecular formula is C23H31IN4O2. The lowest BCUT2D eigenvalue weighted by atomic mass is 9.90. The fourth-order valence-corrected chi connectivity index (χ4v) is 3.33. The number of rotatable bonds is 7. The van der Waals surface area contributed by atoms with E-state index >= 15 is 0 Å². The molecule has 0 fully saturated rings. The van der Waals surface area contributed by atoms with Crippen molar-refractivity contribution in [2.24, 2.45) is 4.99 Å². The molecule has 30 heavy (non-hydrogen) atoms. The van der Waals surface area contributed by atoms with Crippen molar-refractivity contribution in [3.05, 3.63) is 65.2 Å². The molecule has 0 saturated carbocycles. The molecule has 0 spiro atoms. The summed E-state index contributed by atoms with van der Waals surface area (Å²) < 4.78 is 5.63. The van der Waals surface area contributed by atoms with Gasteiger partial charge in [-0.2, -0.15) is 0 Å². The molecule has 2 aromatic carbocycles. The molecule has 3 rings (SSSR count). The lowest BCUT2D eigenvalue weighted by molar-refractivity contribution is -0.116. The van der Waals surface area contributed by atoms with E-state index in [4.69, 9.17) is 4.74 Å². The van der Waals surface area contributed by atoms with E-state index in [0.29, 0.717) is 26.1 Å². The molecule has 2 aromatic rings. The van der Waals surface area contributed by atoms with E-state index in [-0.39, 0.29) is 41.9 Å². The van der Waals surface area contributed by atoms with Crippen LogP contribution in [-0.4, -0.2) is 31.6 Å². The number of carbonyl (C=O) groups is 1. The summed E-state index contributed by atoms with van der Waals surface area (Å²) in [6, 6.07) is 16.3. The van der Waals surface area contributed by atoms with Gasteiger partial charge in [0.05, 0.1) is 12.7 Å². The maximum absolute atomic E-state index is 12.0. The predicted octanol–water partition coefficient (Wildman–Crippen LogP) is 4.02. The first-order valence-electron chi connectivity index (χ1n) is 10.1. The second-order valence-corrected chi connectivity index (χ2v) is 7.52. The topological polar surface area (TPSA) is 74.8 Å². The molecule has 1 heterocycles. The van der Waals surface area contributed by atoms with Crippen LogP contribution in [0.3, 0.4) is 0 Å². The number of guanidine groups is 1. The summed E-state index contributed by atoms with van der Waals surface area (Å²) in [5, 5.41) is 9.63. The number of fused-ring (bicyclic) bond motifs is 1. The number of nitrogens with zero attached hydrogens (tertiary/aromatic N) is 1. The van der Waals surface area contributed by atoms with E-state index in [0.717, 1.165) is 17.2 Å². The van der Waals surface area contributed by atoms with Crippen LogP contribution in [0.1, 0.15) is 42.9 Å². The smallest absolute Gasteiger partial charge is 0.225 e. The SMILES string of the molecule is CN=C(NCc1ccc(COC(C)C)cc1)NCC1CC(=O)Nc2ccccc21.I. The Morgan fingerprint density at radius 3 is 2.53 bits per heavy atom. The van der Waals surface area contributed by atoms with Gasteiger partial charge in [0.15, 0.2) is 5.96 Å². The molecule has 1 unspecified atom stereocenters. The van der Waals surface area contributed by atoms with E-state index in [9.17, 15) is 4.79 Å². The zero-order chi connectivity index (χ0) is 20.6. The summed E-state index contributed by atoms with van der Waals surface area (Å²) in [7, 11) is 1.75. The van der Waals surface area contributed by atoms with Crippen molar-refractivity contribution in [2.75, 3.05) is 18.9 Å². The van der Waals surface area contributed by atoms with E-state index in [1.807, 2.05) is 32.0 Å². The first-order valence-corrected chi connectivity index (χ1v) is 10.1. The Morgan fingerprint density at radius 1 is 1.13 bits per heavy atom. The molecule has 7 heteroatoms. The molecule has 1 amide bonds. The Morgan fingerprint density at radius 2 is 1.83 bits per heavy atom. The number of para-hydroxylation sites is 1. The molecule has 0 bridgehead atoms. The monoisotopic (exact) mass is 522 g/mol. The highest BCUT2D eigenvalue weighted by atomic mass is 127. The largest absolute Gasteiger partial charge is 0.374 e. The third-order valence-electron chi connectivity index (χ3n) is 4.91. The Kier molecular flexibility index (Phi) is 9.58. The predicted molar refractivity (Wildman–Crippen MR) is 132 cm³/mol. The van der Waals surface area contributed by atoms with Gasteiger partial charge in [0, 0.05) is 38.2 Å². The van der Waals surface area contributed by atoms with Crippen molar-refractivity contribution >= 4 is 41.5 Å². The molecule has 0 radical (unpaired) electrons. The van der Waals surface area contributed by atoms with Crippen molar-refractivity contribution < 1.29 is 9.53 Å². The minimum Gasteiger partial charge on any atom is -0.374 e. The van der Waals surface area contributed by atoms with Crippen molar-refractivity contribution in [1.82, 2.24) is 10.6 Å². The Labute approximate surface area is 195 Å². The molecule has 1 aliphatic rings. The zero-order valence-electron chi connectivity index (χ0n) is 17.8. The van der Waals surface area contributed by atoms with Crippen molar-refractivity contribution in [3.63, 3.8) is 0 Å². The highest BCUT2D eigenvalue weighted by Gasteiger charge is 2.24. The quantitative estimate of drug-likeness (QED) is 0.292. The van der Waals surface area contributed by atoms with Crippen LogP contribution in [-0.2, 0) is 22.7 Å². The van der Waals surface area contributed by atoms with Crippen molar-refractivity contribution in [3.8, 4) is 0 Å². The van der Waals surface area contributed by atoms with Gasteiger partial charge in [0.25, 0.3) is 0 Å². The molecule has 0 aliphatic carbocycles. The number of aliphatic imine (C=N–C) groups is 1. The van der Waals surface area contributed by atoms with E-state index in [1.165, 1.54) is 11.1 Å². The summed E-state index contributed by atoms with van der Waals surface area (Å²) in [6.07, 6.45) is 0.703. The van der Waals surface area contributed by atoms with Crippen LogP contribution in [0, 0.1) is 0 Å². The lowest BCUT2D eigenvalue weighted by Gasteiger charge is -2.26. The summed E-state index contributed by atoms with van der Waals surface area (Å²) in [5.74, 6) is 0.902. The number of benzene rings is 2. The number of hydrogen-bond acceptors (Lipinski definition) is 3. The fraction of sp³-hybridized carbons (Fsp3) is 0.391. The van der Waals surface area contributed by atoms with E-state index in [1.54, 1.807) is 7.05 Å². The first-order chi connectivity index (χ1) is 14.0. The average molecular weight is 522 g/mol. The highest BCUT2D eigenvalue weighted by molar-refractivity contribution is 14.0. The lowest BCUT2D eigenvalue weighted by Crippen LogP contribution is -2.40. The zero-order valence-corrected chi connectivity index (χ0v) is 20.1. The maximum Gasteiger partial charge on any atom is 0.225 e. The van der Waals surface area contributed by atoms with E-state index < -0.39 is 0 Å². The van der Waals surface area contributed by atoms with Gasteiger partial charge in [-0.1, -0.05) is 42.5 Å². The van der Waals surface area contributed by atoms with Gasteiger partial charge in [0.2, 0.25) is 5.91 Å². The van der Waals surface area contributed by atoms with Crippen LogP contribution < -0.4 is 16.0 Å². The number of halogens is 1.